The summed E-state index contributed by atoms with van der Waals surface area (Å²) in [6.07, 6.45) is 1.57. The third-order valence-electron chi connectivity index (χ3n) is 6.29. The van der Waals surface area contributed by atoms with Gasteiger partial charge in [0.15, 0.2) is 0 Å². The average Bonchev–Trinajstić information content (AvgIpc) is 3.02. The molecular formula is C34H31N3O6S. The molecule has 0 saturated heterocycles. The Morgan fingerprint density at radius 2 is 1.55 bits per heavy atom. The summed E-state index contributed by atoms with van der Waals surface area (Å²) in [5.74, 6) is -1.65. The lowest BCUT2D eigenvalue weighted by molar-refractivity contribution is -0.114. The van der Waals surface area contributed by atoms with E-state index in [2.05, 4.69) is 16.0 Å². The zero-order valence-electron chi connectivity index (χ0n) is 24.1. The van der Waals surface area contributed by atoms with Gasteiger partial charge in [0.1, 0.15) is 11.4 Å². The van der Waals surface area contributed by atoms with Crippen molar-refractivity contribution in [2.45, 2.75) is 18.7 Å². The molecule has 0 radical (unpaired) electrons. The van der Waals surface area contributed by atoms with Crippen LogP contribution in [0.25, 0.3) is 6.08 Å². The van der Waals surface area contributed by atoms with E-state index in [-0.39, 0.29) is 22.9 Å². The molecule has 0 unspecified atom stereocenters. The summed E-state index contributed by atoms with van der Waals surface area (Å²) in [6, 6.07) is 27.3. The number of amides is 3. The van der Waals surface area contributed by atoms with E-state index < -0.39 is 17.8 Å². The number of benzene rings is 4. The molecule has 0 aliphatic heterocycles. The highest BCUT2D eigenvalue weighted by molar-refractivity contribution is 8.00. The van der Waals surface area contributed by atoms with Gasteiger partial charge in [-0.2, -0.15) is 0 Å². The molecule has 9 nitrogen and oxygen atoms in total. The number of carbonyl (C=O) groups excluding carboxylic acids is 3. The molecule has 0 aliphatic carbocycles. The Bertz CT molecular complexity index is 1690. The molecule has 0 heterocycles. The van der Waals surface area contributed by atoms with Gasteiger partial charge in [-0.25, -0.2) is 4.79 Å². The molecule has 0 saturated carbocycles. The van der Waals surface area contributed by atoms with E-state index in [1.807, 2.05) is 19.1 Å². The number of carbonyl (C=O) groups is 4. The number of anilines is 2. The predicted octanol–water partition coefficient (Wildman–Crippen LogP) is 6.23. The predicted molar refractivity (Wildman–Crippen MR) is 172 cm³/mol. The van der Waals surface area contributed by atoms with E-state index in [0.717, 1.165) is 10.5 Å². The Hall–Kier alpha value is -5.35. The summed E-state index contributed by atoms with van der Waals surface area (Å²) >= 11 is 1.29. The van der Waals surface area contributed by atoms with Gasteiger partial charge in [0.2, 0.25) is 5.91 Å². The van der Waals surface area contributed by atoms with Crippen LogP contribution in [0.3, 0.4) is 0 Å². The summed E-state index contributed by atoms with van der Waals surface area (Å²) in [6.45, 7) is 4.08. The molecule has 0 fully saturated rings. The topological polar surface area (TPSA) is 134 Å². The highest BCUT2D eigenvalue weighted by Gasteiger charge is 2.16. The fourth-order valence-electron chi connectivity index (χ4n) is 4.04. The van der Waals surface area contributed by atoms with E-state index in [4.69, 9.17) is 4.74 Å². The number of hydrogen-bond donors (Lipinski definition) is 4. The van der Waals surface area contributed by atoms with E-state index in [0.29, 0.717) is 34.9 Å². The van der Waals surface area contributed by atoms with Gasteiger partial charge in [-0.05, 0) is 80.1 Å². The van der Waals surface area contributed by atoms with Crippen LogP contribution in [0.4, 0.5) is 11.4 Å². The van der Waals surface area contributed by atoms with Crippen LogP contribution in [-0.2, 0) is 9.59 Å². The molecule has 4 N–H and O–H groups in total. The zero-order valence-corrected chi connectivity index (χ0v) is 24.9. The highest BCUT2D eigenvalue weighted by atomic mass is 32.2. The van der Waals surface area contributed by atoms with Gasteiger partial charge < -0.3 is 25.8 Å². The minimum Gasteiger partial charge on any atom is -0.493 e. The lowest BCUT2D eigenvalue weighted by Gasteiger charge is -2.13. The largest absolute Gasteiger partial charge is 0.493 e. The molecule has 0 spiro atoms. The van der Waals surface area contributed by atoms with Crippen molar-refractivity contribution in [2.75, 3.05) is 23.0 Å². The maximum atomic E-state index is 13.4. The van der Waals surface area contributed by atoms with Crippen molar-refractivity contribution in [3.8, 4) is 5.75 Å². The minimum absolute atomic E-state index is 0.0309. The first-order valence-electron chi connectivity index (χ1n) is 13.7. The summed E-state index contributed by atoms with van der Waals surface area (Å²) in [5.41, 5.74) is 2.84. The number of aryl methyl sites for hydroxylation is 1. The molecular weight excluding hydrogens is 578 g/mol. The summed E-state index contributed by atoms with van der Waals surface area (Å²) in [4.78, 5) is 50.9. The Labute approximate surface area is 259 Å². The number of hydrogen-bond acceptors (Lipinski definition) is 6. The van der Waals surface area contributed by atoms with Crippen molar-refractivity contribution >= 4 is 52.9 Å². The van der Waals surface area contributed by atoms with E-state index in [1.54, 1.807) is 85.8 Å². The second-order valence-electron chi connectivity index (χ2n) is 9.50. The van der Waals surface area contributed by atoms with Gasteiger partial charge in [-0.1, -0.05) is 42.5 Å². The number of thioether (sulfide) groups is 1. The number of nitrogens with one attached hydrogen (secondary N) is 3. The minimum atomic E-state index is -1.07. The number of ether oxygens (including phenoxy) is 1. The molecule has 3 amide bonds. The molecule has 0 aromatic heterocycles. The fourth-order valence-corrected chi connectivity index (χ4v) is 4.74. The van der Waals surface area contributed by atoms with E-state index in [9.17, 15) is 24.3 Å². The van der Waals surface area contributed by atoms with Crippen LogP contribution in [0.2, 0.25) is 0 Å². The number of aromatic carboxylic acids is 1. The molecule has 4 rings (SSSR count). The van der Waals surface area contributed by atoms with Gasteiger partial charge in [-0.15, -0.1) is 11.8 Å². The van der Waals surface area contributed by atoms with Gasteiger partial charge in [0.05, 0.1) is 17.9 Å². The van der Waals surface area contributed by atoms with Crippen molar-refractivity contribution in [3.63, 3.8) is 0 Å². The third-order valence-corrected chi connectivity index (χ3v) is 7.30. The second kappa shape index (κ2) is 15.2. The Kier molecular flexibility index (Phi) is 10.9. The number of rotatable bonds is 12. The highest BCUT2D eigenvalue weighted by Crippen LogP contribution is 2.24. The van der Waals surface area contributed by atoms with Crippen LogP contribution in [0.15, 0.2) is 108 Å². The van der Waals surface area contributed by atoms with Gasteiger partial charge in [0, 0.05) is 27.4 Å². The van der Waals surface area contributed by atoms with Crippen molar-refractivity contribution < 1.29 is 29.0 Å². The van der Waals surface area contributed by atoms with Gasteiger partial charge in [0.25, 0.3) is 11.8 Å². The molecule has 0 aliphatic rings. The maximum Gasteiger partial charge on any atom is 0.335 e. The summed E-state index contributed by atoms with van der Waals surface area (Å²) in [5, 5.41) is 17.5. The first-order valence-corrected chi connectivity index (χ1v) is 14.7. The molecule has 4 aromatic rings. The van der Waals surface area contributed by atoms with Crippen molar-refractivity contribution in [2.24, 2.45) is 0 Å². The zero-order chi connectivity index (χ0) is 31.5. The lowest BCUT2D eigenvalue weighted by atomic mass is 10.1. The van der Waals surface area contributed by atoms with E-state index in [1.165, 1.54) is 23.9 Å². The monoisotopic (exact) mass is 609 g/mol. The van der Waals surface area contributed by atoms with Gasteiger partial charge in [-0.3, -0.25) is 14.4 Å². The normalized spacial score (nSPS) is 10.9. The number of carboxylic acids is 1. The maximum absolute atomic E-state index is 13.4. The van der Waals surface area contributed by atoms with E-state index >= 15 is 0 Å². The third kappa shape index (κ3) is 8.83. The van der Waals surface area contributed by atoms with Crippen LogP contribution in [0.1, 0.15) is 38.8 Å². The molecule has 0 bridgehead atoms. The van der Waals surface area contributed by atoms with Crippen molar-refractivity contribution in [3.05, 3.63) is 125 Å². The fraction of sp³-hybridized carbons (Fsp3) is 0.118. The smallest absolute Gasteiger partial charge is 0.335 e. The SMILES string of the molecule is CCOc1ccccc1/C=C(\NC(=O)c1ccccc1)C(=O)Nc1ccc(SCC(=O)Nc2cc(C(=O)O)ccc2C)cc1. The van der Waals surface area contributed by atoms with Crippen LogP contribution < -0.4 is 20.7 Å². The molecule has 44 heavy (non-hydrogen) atoms. The average molecular weight is 610 g/mol. The summed E-state index contributed by atoms with van der Waals surface area (Å²) in [7, 11) is 0. The van der Waals surface area contributed by atoms with Gasteiger partial charge >= 0.3 is 5.97 Å². The van der Waals surface area contributed by atoms with Crippen LogP contribution in [0.5, 0.6) is 5.75 Å². The van der Waals surface area contributed by atoms with Crippen molar-refractivity contribution in [1.29, 1.82) is 0 Å². The van der Waals surface area contributed by atoms with Crippen molar-refractivity contribution in [1.82, 2.24) is 5.32 Å². The lowest BCUT2D eigenvalue weighted by Crippen LogP contribution is -2.30. The first-order chi connectivity index (χ1) is 21.2. The summed E-state index contributed by atoms with van der Waals surface area (Å²) < 4.78 is 5.69. The quantitative estimate of drug-likeness (QED) is 0.110. The first kappa shape index (κ1) is 31.6. The number of para-hydroxylation sites is 1. The molecule has 224 valence electrons. The standard InChI is InChI=1S/C34H31N3O6S/c1-3-43-30-12-8-7-11-24(30)19-29(37-32(39)23-9-5-4-6-10-23)33(40)35-26-15-17-27(18-16-26)44-21-31(38)36-28-20-25(34(41)42)14-13-22(28)2/h4-20H,3,21H2,1-2H3,(H,35,40)(H,36,38)(H,37,39)(H,41,42)/b29-19-. The van der Waals surface area contributed by atoms with Crippen LogP contribution in [-0.4, -0.2) is 41.2 Å². The van der Waals surface area contributed by atoms with Crippen LogP contribution in [0, 0.1) is 6.92 Å². The molecule has 4 aromatic carbocycles. The number of carboxylic acid groups (broad SMARTS) is 1. The second-order valence-corrected chi connectivity index (χ2v) is 10.5. The Morgan fingerprint density at radius 1 is 0.841 bits per heavy atom. The Morgan fingerprint density at radius 3 is 2.25 bits per heavy atom. The molecule has 0 atom stereocenters. The van der Waals surface area contributed by atoms with Crippen LogP contribution >= 0.6 is 11.8 Å². The Balaban J connectivity index is 1.43. The molecule has 10 heteroatoms.